The lowest BCUT2D eigenvalue weighted by molar-refractivity contribution is -0.137. The van der Waals surface area contributed by atoms with E-state index in [-0.39, 0.29) is 18.4 Å². The highest BCUT2D eigenvalue weighted by Crippen LogP contribution is 2.33. The van der Waals surface area contributed by atoms with Crippen LogP contribution >= 0.6 is 0 Å². The lowest BCUT2D eigenvalue weighted by atomic mass is 9.98. The van der Waals surface area contributed by atoms with E-state index in [1.807, 2.05) is 18.2 Å². The molecule has 2 aromatic rings. The van der Waals surface area contributed by atoms with Gasteiger partial charge in [-0.25, -0.2) is 13.1 Å². The van der Waals surface area contributed by atoms with Crippen LogP contribution in [0.2, 0.25) is 0 Å². The van der Waals surface area contributed by atoms with Crippen molar-refractivity contribution in [2.24, 2.45) is 0 Å². The maximum atomic E-state index is 13.0. The van der Waals surface area contributed by atoms with Crippen LogP contribution < -0.4 is 20.1 Å². The average molecular weight is 540 g/mol. The van der Waals surface area contributed by atoms with E-state index in [1.165, 1.54) is 32.6 Å². The Morgan fingerprint density at radius 1 is 1.11 bits per heavy atom. The Morgan fingerprint density at radius 2 is 1.86 bits per heavy atom. The first-order valence-corrected chi connectivity index (χ1v) is 14.0. The van der Waals surface area contributed by atoms with Crippen molar-refractivity contribution in [3.8, 4) is 5.75 Å². The number of hydrogen-bond donors (Lipinski definition) is 3. The van der Waals surface area contributed by atoms with Crippen LogP contribution in [0.4, 0.5) is 13.2 Å². The first kappa shape index (κ1) is 27.4. The molecule has 0 saturated heterocycles. The zero-order chi connectivity index (χ0) is 26.6. The number of sulfonamides is 1. The number of carbonyl (C=O) groups is 1. The van der Waals surface area contributed by atoms with Gasteiger partial charge in [0.15, 0.2) is 0 Å². The number of benzene rings is 2. The number of hydrogen-bond acceptors (Lipinski definition) is 5. The van der Waals surface area contributed by atoms with E-state index >= 15 is 0 Å². The van der Waals surface area contributed by atoms with E-state index in [1.54, 1.807) is 0 Å². The second kappa shape index (κ2) is 11.4. The predicted octanol–water partition coefficient (Wildman–Crippen LogP) is 4.43. The molecule has 2 aliphatic rings. The van der Waals surface area contributed by atoms with Crippen LogP contribution in [0.1, 0.15) is 68.2 Å². The van der Waals surface area contributed by atoms with Crippen molar-refractivity contribution in [2.75, 3.05) is 6.61 Å². The largest absolute Gasteiger partial charge is 0.493 e. The van der Waals surface area contributed by atoms with Crippen LogP contribution in [0.15, 0.2) is 47.4 Å². The molecule has 1 aliphatic carbocycles. The fourth-order valence-corrected chi connectivity index (χ4v) is 6.12. The number of halogens is 3. The Labute approximate surface area is 215 Å². The molecular formula is C26H32F3N3O4S. The highest BCUT2D eigenvalue weighted by atomic mass is 32.2. The van der Waals surface area contributed by atoms with Crippen LogP contribution in [-0.2, 0) is 27.5 Å². The molecule has 7 nitrogen and oxygen atoms in total. The molecule has 0 unspecified atom stereocenters. The highest BCUT2D eigenvalue weighted by molar-refractivity contribution is 7.89. The number of nitrogens with one attached hydrogen (secondary N) is 3. The Morgan fingerprint density at radius 3 is 2.59 bits per heavy atom. The molecule has 1 heterocycles. The van der Waals surface area contributed by atoms with E-state index in [2.05, 4.69) is 15.4 Å². The van der Waals surface area contributed by atoms with E-state index in [4.69, 9.17) is 4.74 Å². The van der Waals surface area contributed by atoms with Crippen LogP contribution in [0.3, 0.4) is 0 Å². The SMILES string of the molecule is C[C@@H](CC(=O)N[C@@H]1CCOc2cc(CNC3CCCC3)ccc21)NS(=O)(=O)c1cccc(C(F)(F)F)c1. The topological polar surface area (TPSA) is 96.5 Å². The molecule has 1 amide bonds. The Hall–Kier alpha value is -2.63. The number of rotatable bonds is 9. The molecule has 4 rings (SSSR count). The van der Waals surface area contributed by atoms with Crippen molar-refractivity contribution >= 4 is 15.9 Å². The Balaban J connectivity index is 1.33. The molecule has 2 aromatic carbocycles. The molecular weight excluding hydrogens is 507 g/mol. The van der Waals surface area contributed by atoms with Crippen LogP contribution in [-0.4, -0.2) is 33.0 Å². The summed E-state index contributed by atoms with van der Waals surface area (Å²) < 4.78 is 72.2. The molecule has 2 atom stereocenters. The van der Waals surface area contributed by atoms with E-state index in [0.717, 1.165) is 41.6 Å². The van der Waals surface area contributed by atoms with Gasteiger partial charge >= 0.3 is 6.18 Å². The molecule has 1 saturated carbocycles. The van der Waals surface area contributed by atoms with Gasteiger partial charge in [-0.2, -0.15) is 13.2 Å². The summed E-state index contributed by atoms with van der Waals surface area (Å²) in [6, 6.07) is 8.89. The van der Waals surface area contributed by atoms with Gasteiger partial charge in [0.2, 0.25) is 15.9 Å². The predicted molar refractivity (Wildman–Crippen MR) is 132 cm³/mol. The summed E-state index contributed by atoms with van der Waals surface area (Å²) in [7, 11) is -4.24. The fourth-order valence-electron chi connectivity index (χ4n) is 4.83. The molecule has 0 bridgehead atoms. The maximum absolute atomic E-state index is 13.0. The summed E-state index contributed by atoms with van der Waals surface area (Å²) in [5.74, 6) is 0.352. The highest BCUT2D eigenvalue weighted by Gasteiger charge is 2.32. The number of amides is 1. The normalized spacial score (nSPS) is 19.2. The smallest absolute Gasteiger partial charge is 0.416 e. The van der Waals surface area contributed by atoms with Gasteiger partial charge < -0.3 is 15.4 Å². The molecule has 202 valence electrons. The zero-order valence-electron chi connectivity index (χ0n) is 20.6. The quantitative estimate of drug-likeness (QED) is 0.438. The van der Waals surface area contributed by atoms with Crippen molar-refractivity contribution in [3.63, 3.8) is 0 Å². The van der Waals surface area contributed by atoms with Crippen molar-refractivity contribution < 1.29 is 31.1 Å². The molecule has 1 fully saturated rings. The van der Waals surface area contributed by atoms with E-state index < -0.39 is 32.7 Å². The second-order valence-corrected chi connectivity index (χ2v) is 11.5. The standard InChI is InChI=1S/C26H32F3N3O4S/c1-17(32-37(34,35)21-8-4-5-19(15-21)26(27,28)29)13-25(33)31-23-11-12-36-24-14-18(9-10-22(23)24)16-30-20-6-2-3-7-20/h4-5,8-10,14-15,17,20,23,30,32H,2-3,6-7,11-13,16H2,1H3,(H,31,33)/t17-,23+/m0/s1. The van der Waals surface area contributed by atoms with Crippen molar-refractivity contribution in [1.29, 1.82) is 0 Å². The van der Waals surface area contributed by atoms with Crippen molar-refractivity contribution in [2.45, 2.75) is 81.2 Å². The van der Waals surface area contributed by atoms with Gasteiger partial charge in [0.1, 0.15) is 5.75 Å². The average Bonchev–Trinajstić information content (AvgIpc) is 3.35. The number of ether oxygens (including phenoxy) is 1. The first-order valence-electron chi connectivity index (χ1n) is 12.5. The summed E-state index contributed by atoms with van der Waals surface area (Å²) >= 11 is 0. The lowest BCUT2D eigenvalue weighted by Gasteiger charge is -2.28. The third kappa shape index (κ3) is 7.24. The molecule has 11 heteroatoms. The van der Waals surface area contributed by atoms with E-state index in [0.29, 0.717) is 25.1 Å². The van der Waals surface area contributed by atoms with E-state index in [9.17, 15) is 26.4 Å². The molecule has 0 aromatic heterocycles. The summed E-state index contributed by atoms with van der Waals surface area (Å²) in [6.07, 6.45) is 0.657. The van der Waals surface area contributed by atoms with Gasteiger partial charge in [-0.1, -0.05) is 31.0 Å². The number of fused-ring (bicyclic) bond motifs is 1. The third-order valence-electron chi connectivity index (χ3n) is 6.72. The molecule has 0 spiro atoms. The van der Waals surface area contributed by atoms with Crippen LogP contribution in [0.5, 0.6) is 5.75 Å². The number of carbonyl (C=O) groups excluding carboxylic acids is 1. The summed E-state index contributed by atoms with van der Waals surface area (Å²) in [4.78, 5) is 12.2. The molecule has 0 radical (unpaired) electrons. The van der Waals surface area contributed by atoms with Crippen LogP contribution in [0, 0.1) is 0 Å². The van der Waals surface area contributed by atoms with Gasteiger partial charge in [-0.3, -0.25) is 4.79 Å². The summed E-state index contributed by atoms with van der Waals surface area (Å²) in [6.45, 7) is 2.68. The third-order valence-corrected chi connectivity index (χ3v) is 8.31. The summed E-state index contributed by atoms with van der Waals surface area (Å²) in [5.41, 5.74) is 0.910. The minimum absolute atomic E-state index is 0.172. The Bertz CT molecular complexity index is 1210. The first-order chi connectivity index (χ1) is 17.5. The fraction of sp³-hybridized carbons (Fsp3) is 0.500. The van der Waals surface area contributed by atoms with Gasteiger partial charge in [-0.05, 0) is 49.6 Å². The maximum Gasteiger partial charge on any atom is 0.416 e. The minimum Gasteiger partial charge on any atom is -0.493 e. The van der Waals surface area contributed by atoms with Gasteiger partial charge in [0.25, 0.3) is 0 Å². The monoisotopic (exact) mass is 539 g/mol. The second-order valence-electron chi connectivity index (χ2n) is 9.74. The number of alkyl halides is 3. The van der Waals surface area contributed by atoms with Crippen molar-refractivity contribution in [3.05, 3.63) is 59.2 Å². The minimum atomic E-state index is -4.66. The van der Waals surface area contributed by atoms with Gasteiger partial charge in [0, 0.05) is 37.0 Å². The lowest BCUT2D eigenvalue weighted by Crippen LogP contribution is -2.39. The van der Waals surface area contributed by atoms with Crippen LogP contribution in [0.25, 0.3) is 0 Å². The van der Waals surface area contributed by atoms with Crippen molar-refractivity contribution in [1.82, 2.24) is 15.4 Å². The van der Waals surface area contributed by atoms with Gasteiger partial charge in [0.05, 0.1) is 23.1 Å². The Kier molecular flexibility index (Phi) is 8.45. The molecule has 3 N–H and O–H groups in total. The van der Waals surface area contributed by atoms with Gasteiger partial charge in [-0.15, -0.1) is 0 Å². The zero-order valence-corrected chi connectivity index (χ0v) is 21.4. The molecule has 37 heavy (non-hydrogen) atoms. The summed E-state index contributed by atoms with van der Waals surface area (Å²) in [5, 5.41) is 6.51. The molecule has 1 aliphatic heterocycles.